The van der Waals surface area contributed by atoms with Gasteiger partial charge in [-0.15, -0.1) is 0 Å². The lowest BCUT2D eigenvalue weighted by Crippen LogP contribution is -2.25. The van der Waals surface area contributed by atoms with E-state index in [4.69, 9.17) is 4.74 Å². The zero-order valence-corrected chi connectivity index (χ0v) is 18.8. The Kier molecular flexibility index (Phi) is 9.19. The molecule has 0 fully saturated rings. The first-order chi connectivity index (χ1) is 13.9. The van der Waals surface area contributed by atoms with Crippen molar-refractivity contribution in [1.29, 1.82) is 0 Å². The van der Waals surface area contributed by atoms with Gasteiger partial charge in [-0.3, -0.25) is 9.59 Å². The number of rotatable bonds is 10. The number of anilines is 1. The monoisotopic (exact) mass is 460 g/mol. The number of hydrogen-bond acceptors (Lipinski definition) is 3. The predicted octanol–water partition coefficient (Wildman–Crippen LogP) is 5.51. The van der Waals surface area contributed by atoms with Crippen LogP contribution >= 0.6 is 15.9 Å². The molecule has 0 aromatic heterocycles. The fourth-order valence-electron chi connectivity index (χ4n) is 2.74. The average Bonchev–Trinajstić information content (AvgIpc) is 2.72. The van der Waals surface area contributed by atoms with Gasteiger partial charge in [0.15, 0.2) is 6.61 Å². The fraction of sp³-hybridized carbons (Fsp3) is 0.391. The second kappa shape index (κ2) is 11.6. The van der Waals surface area contributed by atoms with Crippen molar-refractivity contribution in [3.8, 4) is 5.75 Å². The highest BCUT2D eigenvalue weighted by Gasteiger charge is 2.11. The summed E-state index contributed by atoms with van der Waals surface area (Å²) in [6, 6.07) is 12.8. The van der Waals surface area contributed by atoms with Gasteiger partial charge in [0.2, 0.25) is 0 Å². The molecule has 0 spiro atoms. The van der Waals surface area contributed by atoms with E-state index < -0.39 is 0 Å². The summed E-state index contributed by atoms with van der Waals surface area (Å²) in [4.78, 5) is 24.4. The van der Waals surface area contributed by atoms with Gasteiger partial charge in [-0.2, -0.15) is 0 Å². The molecule has 0 saturated heterocycles. The van der Waals surface area contributed by atoms with Gasteiger partial charge in [-0.25, -0.2) is 0 Å². The zero-order valence-electron chi connectivity index (χ0n) is 17.3. The number of unbranched alkanes of at least 4 members (excludes halogenated alkanes) is 1. The summed E-state index contributed by atoms with van der Waals surface area (Å²) in [5, 5.41) is 5.64. The van der Waals surface area contributed by atoms with Gasteiger partial charge in [0.25, 0.3) is 11.8 Å². The van der Waals surface area contributed by atoms with Gasteiger partial charge in [-0.1, -0.05) is 39.3 Å². The summed E-state index contributed by atoms with van der Waals surface area (Å²) in [5.41, 5.74) is 2.31. The summed E-state index contributed by atoms with van der Waals surface area (Å²) in [7, 11) is 0. The topological polar surface area (TPSA) is 67.4 Å². The first-order valence-corrected chi connectivity index (χ1v) is 10.8. The highest BCUT2D eigenvalue weighted by Crippen LogP contribution is 2.30. The van der Waals surface area contributed by atoms with Crippen LogP contribution in [0.25, 0.3) is 0 Å². The molecule has 29 heavy (non-hydrogen) atoms. The lowest BCUT2D eigenvalue weighted by Gasteiger charge is -2.13. The van der Waals surface area contributed by atoms with Gasteiger partial charge < -0.3 is 15.4 Å². The number of carbonyl (C=O) groups is 2. The lowest BCUT2D eigenvalue weighted by atomic mass is 9.99. The summed E-state index contributed by atoms with van der Waals surface area (Å²) in [6.07, 6.45) is 3.02. The van der Waals surface area contributed by atoms with Crippen molar-refractivity contribution in [3.63, 3.8) is 0 Å². The molecule has 0 aliphatic rings. The Bertz CT molecular complexity index is 839. The van der Waals surface area contributed by atoms with Crippen LogP contribution in [0.15, 0.2) is 46.9 Å². The van der Waals surface area contributed by atoms with Crippen LogP contribution in [0.5, 0.6) is 5.75 Å². The number of carbonyl (C=O) groups excluding carboxylic acids is 2. The third-order valence-corrected chi connectivity index (χ3v) is 5.34. The standard InChI is InChI=1S/C23H29BrN2O3/c1-4-6-12-25-23(28)18-8-7-9-19(13-18)26-22(27)15-29-21-11-10-17(14-20(21)24)16(3)5-2/h7-11,13-14,16H,4-6,12,15H2,1-3H3,(H,25,28)(H,26,27). The van der Waals surface area contributed by atoms with E-state index in [0.717, 1.165) is 23.7 Å². The number of benzene rings is 2. The molecule has 6 heteroatoms. The van der Waals surface area contributed by atoms with Crippen LogP contribution in [0, 0.1) is 0 Å². The van der Waals surface area contributed by atoms with Gasteiger partial charge in [0.05, 0.1) is 4.47 Å². The van der Waals surface area contributed by atoms with Crippen LogP contribution < -0.4 is 15.4 Å². The first-order valence-electron chi connectivity index (χ1n) is 10.0. The maximum absolute atomic E-state index is 12.3. The molecule has 2 amide bonds. The van der Waals surface area contributed by atoms with Gasteiger partial charge in [0.1, 0.15) is 5.75 Å². The number of halogens is 1. The number of nitrogens with one attached hydrogen (secondary N) is 2. The van der Waals surface area contributed by atoms with E-state index >= 15 is 0 Å². The minimum Gasteiger partial charge on any atom is -0.483 e. The number of amides is 2. The Morgan fingerprint density at radius 2 is 1.93 bits per heavy atom. The van der Waals surface area contributed by atoms with E-state index in [1.54, 1.807) is 24.3 Å². The van der Waals surface area contributed by atoms with Crippen molar-refractivity contribution in [3.05, 3.63) is 58.1 Å². The Morgan fingerprint density at radius 3 is 2.62 bits per heavy atom. The third-order valence-electron chi connectivity index (χ3n) is 4.72. The molecule has 2 aromatic carbocycles. The van der Waals surface area contributed by atoms with Crippen molar-refractivity contribution >= 4 is 33.4 Å². The van der Waals surface area contributed by atoms with E-state index in [9.17, 15) is 9.59 Å². The highest BCUT2D eigenvalue weighted by molar-refractivity contribution is 9.10. The minimum absolute atomic E-state index is 0.117. The molecule has 0 bridgehead atoms. The molecule has 156 valence electrons. The molecule has 2 N–H and O–H groups in total. The quantitative estimate of drug-likeness (QED) is 0.459. The van der Waals surface area contributed by atoms with Crippen LogP contribution in [0.1, 0.15) is 61.9 Å². The molecule has 1 unspecified atom stereocenters. The van der Waals surface area contributed by atoms with E-state index in [2.05, 4.69) is 47.3 Å². The molecule has 0 saturated carbocycles. The molecule has 2 aromatic rings. The van der Waals surface area contributed by atoms with Gasteiger partial charge >= 0.3 is 0 Å². The summed E-state index contributed by atoms with van der Waals surface area (Å²) in [5.74, 6) is 0.661. The summed E-state index contributed by atoms with van der Waals surface area (Å²) < 4.78 is 6.47. The van der Waals surface area contributed by atoms with Gasteiger partial charge in [0, 0.05) is 17.8 Å². The van der Waals surface area contributed by atoms with Crippen LogP contribution in [0.3, 0.4) is 0 Å². The molecular weight excluding hydrogens is 432 g/mol. The molecular formula is C23H29BrN2O3. The molecule has 0 aliphatic heterocycles. The predicted molar refractivity (Wildman–Crippen MR) is 121 cm³/mol. The van der Waals surface area contributed by atoms with E-state index in [-0.39, 0.29) is 18.4 Å². The molecule has 2 rings (SSSR count). The number of hydrogen-bond donors (Lipinski definition) is 2. The highest BCUT2D eigenvalue weighted by atomic mass is 79.9. The van der Waals surface area contributed by atoms with Crippen molar-refractivity contribution in [2.24, 2.45) is 0 Å². The van der Waals surface area contributed by atoms with Crippen molar-refractivity contribution < 1.29 is 14.3 Å². The Labute approximate surface area is 181 Å². The maximum atomic E-state index is 12.3. The van der Waals surface area contributed by atoms with Crippen molar-refractivity contribution in [2.75, 3.05) is 18.5 Å². The lowest BCUT2D eigenvalue weighted by molar-refractivity contribution is -0.118. The SMILES string of the molecule is CCCCNC(=O)c1cccc(NC(=O)COc2ccc(C(C)CC)cc2Br)c1. The average molecular weight is 461 g/mol. The molecule has 1 atom stereocenters. The largest absolute Gasteiger partial charge is 0.483 e. The smallest absolute Gasteiger partial charge is 0.262 e. The second-order valence-corrected chi connectivity index (χ2v) is 7.88. The Hall–Kier alpha value is -2.34. The summed E-state index contributed by atoms with van der Waals surface area (Å²) >= 11 is 3.51. The fourth-order valence-corrected chi connectivity index (χ4v) is 3.25. The Morgan fingerprint density at radius 1 is 1.14 bits per heavy atom. The minimum atomic E-state index is -0.286. The van der Waals surface area contributed by atoms with E-state index in [1.165, 1.54) is 5.56 Å². The van der Waals surface area contributed by atoms with Gasteiger partial charge in [-0.05, 0) is 70.6 Å². The molecule has 0 radical (unpaired) electrons. The third kappa shape index (κ3) is 7.20. The zero-order chi connectivity index (χ0) is 21.2. The van der Waals surface area contributed by atoms with Crippen LogP contribution in [-0.2, 0) is 4.79 Å². The van der Waals surface area contributed by atoms with Crippen LogP contribution in [-0.4, -0.2) is 25.0 Å². The maximum Gasteiger partial charge on any atom is 0.262 e. The van der Waals surface area contributed by atoms with Crippen molar-refractivity contribution in [2.45, 2.75) is 46.0 Å². The first kappa shape index (κ1) is 22.9. The molecule has 5 nitrogen and oxygen atoms in total. The normalized spacial score (nSPS) is 11.6. The van der Waals surface area contributed by atoms with Crippen LogP contribution in [0.2, 0.25) is 0 Å². The Balaban J connectivity index is 1.91. The number of ether oxygens (including phenoxy) is 1. The second-order valence-electron chi connectivity index (χ2n) is 7.03. The van der Waals surface area contributed by atoms with E-state index in [0.29, 0.717) is 29.5 Å². The van der Waals surface area contributed by atoms with E-state index in [1.807, 2.05) is 18.2 Å². The summed E-state index contributed by atoms with van der Waals surface area (Å²) in [6.45, 7) is 6.92. The molecule has 0 aliphatic carbocycles. The molecule has 0 heterocycles. The van der Waals surface area contributed by atoms with Crippen molar-refractivity contribution in [1.82, 2.24) is 5.32 Å². The van der Waals surface area contributed by atoms with Crippen LogP contribution in [0.4, 0.5) is 5.69 Å².